The topological polar surface area (TPSA) is 58.2 Å². The van der Waals surface area contributed by atoms with Crippen LogP contribution in [0.25, 0.3) is 0 Å². The van der Waals surface area contributed by atoms with Crippen LogP contribution in [0.2, 0.25) is 0 Å². The van der Waals surface area contributed by atoms with Crippen LogP contribution >= 0.6 is 22.7 Å². The Morgan fingerprint density at radius 1 is 1.13 bits per heavy atom. The van der Waals surface area contributed by atoms with Crippen molar-refractivity contribution in [3.05, 3.63) is 44.8 Å². The van der Waals surface area contributed by atoms with Crippen LogP contribution in [0, 0.1) is 5.92 Å². The molecule has 122 valence electrons. The van der Waals surface area contributed by atoms with Gasteiger partial charge in [-0.1, -0.05) is 25.0 Å². The van der Waals surface area contributed by atoms with Gasteiger partial charge in [-0.25, -0.2) is 0 Å². The summed E-state index contributed by atoms with van der Waals surface area (Å²) in [5.41, 5.74) is 0. The molecule has 1 aliphatic carbocycles. The van der Waals surface area contributed by atoms with Crippen molar-refractivity contribution in [2.75, 3.05) is 6.54 Å². The third-order valence-electron chi connectivity index (χ3n) is 4.19. The lowest BCUT2D eigenvalue weighted by Gasteiger charge is -2.23. The average Bonchev–Trinajstić information content (AvgIpc) is 3.33. The monoisotopic (exact) mass is 348 g/mol. The predicted octanol–water partition coefficient (Wildman–Crippen LogP) is 3.59. The van der Waals surface area contributed by atoms with Gasteiger partial charge in [0.2, 0.25) is 5.91 Å². The molecule has 1 atom stereocenters. The second-order valence-corrected chi connectivity index (χ2v) is 7.69. The summed E-state index contributed by atoms with van der Waals surface area (Å²) in [7, 11) is 0. The molecule has 0 radical (unpaired) electrons. The number of rotatable bonds is 6. The molecular formula is C17H20N2O2S2. The summed E-state index contributed by atoms with van der Waals surface area (Å²) < 4.78 is 0. The Bertz CT molecular complexity index is 632. The fourth-order valence-corrected chi connectivity index (χ4v) is 4.57. The number of amides is 2. The molecule has 0 unspecified atom stereocenters. The molecule has 0 aromatic carbocycles. The van der Waals surface area contributed by atoms with E-state index in [-0.39, 0.29) is 24.4 Å². The summed E-state index contributed by atoms with van der Waals surface area (Å²) >= 11 is 3.05. The van der Waals surface area contributed by atoms with E-state index >= 15 is 0 Å². The summed E-state index contributed by atoms with van der Waals surface area (Å²) in [6.07, 6.45) is 4.78. The van der Waals surface area contributed by atoms with Crippen molar-refractivity contribution in [2.24, 2.45) is 5.92 Å². The number of thiophene rings is 2. The van der Waals surface area contributed by atoms with Crippen LogP contribution in [-0.2, 0) is 4.79 Å². The first-order chi connectivity index (χ1) is 11.2. The van der Waals surface area contributed by atoms with Crippen molar-refractivity contribution in [3.63, 3.8) is 0 Å². The highest BCUT2D eigenvalue weighted by Gasteiger charge is 2.28. The van der Waals surface area contributed by atoms with Crippen LogP contribution < -0.4 is 10.6 Å². The van der Waals surface area contributed by atoms with Crippen LogP contribution in [0.4, 0.5) is 0 Å². The minimum Gasteiger partial charge on any atom is -0.347 e. The molecule has 1 saturated carbocycles. The maximum Gasteiger partial charge on any atom is 0.261 e. The quantitative estimate of drug-likeness (QED) is 0.838. The Hall–Kier alpha value is -1.66. The molecule has 6 heteroatoms. The Balaban J connectivity index is 1.56. The molecule has 1 aliphatic rings. The molecule has 2 aromatic heterocycles. The molecule has 3 rings (SSSR count). The van der Waals surface area contributed by atoms with Crippen LogP contribution in [0.5, 0.6) is 0 Å². The molecule has 2 N–H and O–H groups in total. The van der Waals surface area contributed by atoms with Gasteiger partial charge in [0.15, 0.2) is 0 Å². The van der Waals surface area contributed by atoms with Crippen molar-refractivity contribution in [3.8, 4) is 0 Å². The van der Waals surface area contributed by atoms with Gasteiger partial charge in [-0.2, -0.15) is 0 Å². The van der Waals surface area contributed by atoms with E-state index in [2.05, 4.69) is 16.7 Å². The molecule has 2 aromatic rings. The van der Waals surface area contributed by atoms with Crippen LogP contribution in [0.15, 0.2) is 35.0 Å². The third-order valence-corrected chi connectivity index (χ3v) is 6.02. The number of carbonyl (C=O) groups excluding carboxylic acids is 2. The maximum atomic E-state index is 12.3. The van der Waals surface area contributed by atoms with E-state index in [1.54, 1.807) is 17.4 Å². The Kier molecular flexibility index (Phi) is 5.46. The fraction of sp³-hybridized carbons (Fsp3) is 0.412. The zero-order valence-corrected chi connectivity index (χ0v) is 14.4. The first kappa shape index (κ1) is 16.2. The molecule has 4 nitrogen and oxygen atoms in total. The lowest BCUT2D eigenvalue weighted by atomic mass is 9.96. The van der Waals surface area contributed by atoms with E-state index in [1.165, 1.54) is 29.1 Å². The summed E-state index contributed by atoms with van der Waals surface area (Å²) in [4.78, 5) is 26.0. The van der Waals surface area contributed by atoms with Crippen molar-refractivity contribution >= 4 is 34.5 Å². The standard InChI is InChI=1S/C17H20N2O2S2/c20-15(11-18-17(21)14-8-4-10-23-14)19-16(12-5-1-2-6-12)13-7-3-9-22-13/h3-4,7-10,12,16H,1-2,5-6,11H2,(H,18,21)(H,19,20)/t16-/m1/s1. The third kappa shape index (κ3) is 4.20. The highest BCUT2D eigenvalue weighted by atomic mass is 32.1. The predicted molar refractivity (Wildman–Crippen MR) is 93.8 cm³/mol. The molecular weight excluding hydrogens is 328 g/mol. The minimum absolute atomic E-state index is 0.0192. The molecule has 2 amide bonds. The van der Waals surface area contributed by atoms with Crippen LogP contribution in [0.3, 0.4) is 0 Å². The number of carbonyl (C=O) groups is 2. The molecule has 0 aliphatic heterocycles. The van der Waals surface area contributed by atoms with Gasteiger partial charge in [-0.15, -0.1) is 22.7 Å². The Labute approximate surface area is 143 Å². The fourth-order valence-electron chi connectivity index (χ4n) is 3.06. The molecule has 0 bridgehead atoms. The second-order valence-electron chi connectivity index (χ2n) is 5.77. The smallest absolute Gasteiger partial charge is 0.261 e. The zero-order valence-electron chi connectivity index (χ0n) is 12.8. The SMILES string of the molecule is O=C(CNC(=O)c1cccs1)N[C@@H](c1cccs1)C1CCCC1. The van der Waals surface area contributed by atoms with E-state index in [4.69, 9.17) is 0 Å². The molecule has 23 heavy (non-hydrogen) atoms. The van der Waals surface area contributed by atoms with E-state index < -0.39 is 0 Å². The highest BCUT2D eigenvalue weighted by Crippen LogP contribution is 2.37. The van der Waals surface area contributed by atoms with Gasteiger partial charge in [0, 0.05) is 4.88 Å². The van der Waals surface area contributed by atoms with E-state index in [9.17, 15) is 9.59 Å². The minimum atomic E-state index is -0.191. The van der Waals surface area contributed by atoms with Gasteiger partial charge in [-0.05, 0) is 41.7 Å². The zero-order chi connectivity index (χ0) is 16.1. The van der Waals surface area contributed by atoms with Gasteiger partial charge in [-0.3, -0.25) is 9.59 Å². The first-order valence-electron chi connectivity index (χ1n) is 7.88. The van der Waals surface area contributed by atoms with Crippen molar-refractivity contribution in [1.29, 1.82) is 0 Å². The summed E-state index contributed by atoms with van der Waals surface area (Å²) in [5, 5.41) is 9.70. The van der Waals surface area contributed by atoms with E-state index in [1.807, 2.05) is 22.9 Å². The van der Waals surface area contributed by atoms with Gasteiger partial charge in [0.1, 0.15) is 0 Å². The van der Waals surface area contributed by atoms with E-state index in [0.29, 0.717) is 10.8 Å². The highest BCUT2D eigenvalue weighted by molar-refractivity contribution is 7.12. The molecule has 0 spiro atoms. The van der Waals surface area contributed by atoms with Crippen molar-refractivity contribution < 1.29 is 9.59 Å². The molecule has 2 heterocycles. The van der Waals surface area contributed by atoms with Gasteiger partial charge < -0.3 is 10.6 Å². The number of nitrogens with one attached hydrogen (secondary N) is 2. The largest absolute Gasteiger partial charge is 0.347 e. The lowest BCUT2D eigenvalue weighted by molar-refractivity contribution is -0.121. The van der Waals surface area contributed by atoms with Crippen molar-refractivity contribution in [1.82, 2.24) is 10.6 Å². The van der Waals surface area contributed by atoms with Crippen molar-refractivity contribution in [2.45, 2.75) is 31.7 Å². The van der Waals surface area contributed by atoms with Crippen LogP contribution in [-0.4, -0.2) is 18.4 Å². The van der Waals surface area contributed by atoms with Gasteiger partial charge in [0.25, 0.3) is 5.91 Å². The van der Waals surface area contributed by atoms with Crippen LogP contribution in [0.1, 0.15) is 46.3 Å². The summed E-state index contributed by atoms with van der Waals surface area (Å²) in [5.74, 6) is 0.189. The molecule has 0 saturated heterocycles. The summed E-state index contributed by atoms with van der Waals surface area (Å²) in [6.45, 7) is 0.0192. The number of hydrogen-bond acceptors (Lipinski definition) is 4. The normalized spacial score (nSPS) is 16.2. The molecule has 1 fully saturated rings. The van der Waals surface area contributed by atoms with Gasteiger partial charge >= 0.3 is 0 Å². The number of hydrogen-bond donors (Lipinski definition) is 2. The lowest BCUT2D eigenvalue weighted by Crippen LogP contribution is -2.40. The summed E-state index contributed by atoms with van der Waals surface area (Å²) in [6, 6.07) is 7.76. The second kappa shape index (κ2) is 7.75. The first-order valence-corrected chi connectivity index (χ1v) is 9.64. The Morgan fingerprint density at radius 2 is 1.87 bits per heavy atom. The van der Waals surface area contributed by atoms with Gasteiger partial charge in [0.05, 0.1) is 17.5 Å². The van der Waals surface area contributed by atoms with E-state index in [0.717, 1.165) is 12.8 Å². The Morgan fingerprint density at radius 3 is 2.52 bits per heavy atom. The average molecular weight is 348 g/mol. The maximum absolute atomic E-state index is 12.3.